The van der Waals surface area contributed by atoms with Crippen molar-refractivity contribution in [2.75, 3.05) is 0 Å². The molecule has 1 heterocycles. The van der Waals surface area contributed by atoms with Crippen LogP contribution in [0.5, 0.6) is 0 Å². The minimum absolute atomic E-state index is 0.0245. The van der Waals surface area contributed by atoms with Crippen LogP contribution in [0.25, 0.3) is 0 Å². The largest absolute Gasteiger partial charge is 0.297 e. The summed E-state index contributed by atoms with van der Waals surface area (Å²) < 4.78 is -0.714. The zero-order valence-electron chi connectivity index (χ0n) is 10.00. The Balaban J connectivity index is 2.29. The second kappa shape index (κ2) is 4.87. The van der Waals surface area contributed by atoms with Crippen LogP contribution in [-0.4, -0.2) is 15.6 Å². The highest BCUT2D eigenvalue weighted by molar-refractivity contribution is 8.16. The average molecular weight is 303 g/mol. The molecule has 0 amide bonds. The van der Waals surface area contributed by atoms with Crippen LogP contribution < -0.4 is 0 Å². The fourth-order valence-corrected chi connectivity index (χ4v) is 3.79. The van der Waals surface area contributed by atoms with E-state index in [1.165, 1.54) is 0 Å². The van der Waals surface area contributed by atoms with Crippen LogP contribution in [0.4, 0.5) is 0 Å². The van der Waals surface area contributed by atoms with Gasteiger partial charge in [-0.15, -0.1) is 0 Å². The number of carbonyl (C=O) groups is 2. The molecule has 0 bridgehead atoms. The predicted octanol–water partition coefficient (Wildman–Crippen LogP) is 3.77. The van der Waals surface area contributed by atoms with E-state index in [1.807, 2.05) is 0 Å². The molecule has 2 rings (SSSR count). The van der Waals surface area contributed by atoms with Crippen LogP contribution in [0.1, 0.15) is 19.4 Å². The van der Waals surface area contributed by atoms with Crippen molar-refractivity contribution < 1.29 is 9.59 Å². The molecule has 1 aliphatic heterocycles. The summed E-state index contributed by atoms with van der Waals surface area (Å²) in [6.45, 7) is 3.46. The maximum atomic E-state index is 12.1. The standard InChI is InChI=1S/C13H12Cl2O2S/c1-7-11(16)13(2,18-12(7)17)6-8-3-4-9(14)5-10(8)15/h3-5,7H,6H2,1-2H3. The second-order valence-corrected chi connectivity index (χ2v) is 7.00. The molecule has 0 aromatic heterocycles. The first-order valence-corrected chi connectivity index (χ1v) is 7.12. The number of thioether (sulfide) groups is 1. The summed E-state index contributed by atoms with van der Waals surface area (Å²) in [6, 6.07) is 5.19. The van der Waals surface area contributed by atoms with E-state index in [0.29, 0.717) is 16.5 Å². The van der Waals surface area contributed by atoms with Gasteiger partial charge in [0.15, 0.2) is 10.9 Å². The quantitative estimate of drug-likeness (QED) is 0.780. The van der Waals surface area contributed by atoms with Crippen molar-refractivity contribution in [3.63, 3.8) is 0 Å². The molecule has 1 saturated heterocycles. The fourth-order valence-electron chi connectivity index (χ4n) is 2.08. The molecule has 2 unspecified atom stereocenters. The van der Waals surface area contributed by atoms with Crippen molar-refractivity contribution in [3.05, 3.63) is 33.8 Å². The summed E-state index contributed by atoms with van der Waals surface area (Å²) in [5.74, 6) is -0.547. The zero-order valence-corrected chi connectivity index (χ0v) is 12.3. The van der Waals surface area contributed by atoms with E-state index >= 15 is 0 Å². The Hall–Kier alpha value is -0.510. The van der Waals surface area contributed by atoms with E-state index in [0.717, 1.165) is 17.3 Å². The van der Waals surface area contributed by atoms with Gasteiger partial charge >= 0.3 is 0 Å². The molecular formula is C13H12Cl2O2S. The van der Waals surface area contributed by atoms with Gasteiger partial charge in [-0.05, 0) is 38.0 Å². The van der Waals surface area contributed by atoms with Gasteiger partial charge in [-0.25, -0.2) is 0 Å². The Kier molecular flexibility index (Phi) is 3.77. The summed E-state index contributed by atoms with van der Waals surface area (Å²) in [5, 5.41) is 1.03. The van der Waals surface area contributed by atoms with Gasteiger partial charge in [-0.3, -0.25) is 9.59 Å². The molecule has 1 aromatic carbocycles. The van der Waals surface area contributed by atoms with Crippen LogP contribution in [0.15, 0.2) is 18.2 Å². The number of carbonyl (C=O) groups excluding carboxylic acids is 2. The molecule has 1 fully saturated rings. The van der Waals surface area contributed by atoms with E-state index in [1.54, 1.807) is 32.0 Å². The smallest absolute Gasteiger partial charge is 0.200 e. The molecule has 0 radical (unpaired) electrons. The van der Waals surface area contributed by atoms with Crippen LogP contribution in [-0.2, 0) is 16.0 Å². The van der Waals surface area contributed by atoms with Crippen molar-refractivity contribution in [2.24, 2.45) is 5.92 Å². The Morgan fingerprint density at radius 3 is 2.50 bits per heavy atom. The first kappa shape index (κ1) is 13.9. The van der Waals surface area contributed by atoms with Gasteiger partial charge in [0.05, 0.1) is 10.7 Å². The third-order valence-electron chi connectivity index (χ3n) is 3.14. The van der Waals surface area contributed by atoms with E-state index in [9.17, 15) is 9.59 Å². The summed E-state index contributed by atoms with van der Waals surface area (Å²) >= 11 is 13.0. The third kappa shape index (κ3) is 2.44. The molecule has 0 aliphatic carbocycles. The van der Waals surface area contributed by atoms with Gasteiger partial charge in [-0.2, -0.15) is 0 Å². The van der Waals surface area contributed by atoms with Crippen LogP contribution in [0.3, 0.4) is 0 Å². The van der Waals surface area contributed by atoms with Gasteiger partial charge in [0.2, 0.25) is 0 Å². The average Bonchev–Trinajstić information content (AvgIpc) is 2.48. The highest BCUT2D eigenvalue weighted by Gasteiger charge is 2.48. The van der Waals surface area contributed by atoms with Crippen LogP contribution in [0, 0.1) is 5.92 Å². The fraction of sp³-hybridized carbons (Fsp3) is 0.385. The maximum absolute atomic E-state index is 12.1. The van der Waals surface area contributed by atoms with E-state index in [-0.39, 0.29) is 10.9 Å². The van der Waals surface area contributed by atoms with Crippen molar-refractivity contribution in [1.82, 2.24) is 0 Å². The number of hydrogen-bond donors (Lipinski definition) is 0. The molecule has 18 heavy (non-hydrogen) atoms. The van der Waals surface area contributed by atoms with Crippen molar-refractivity contribution in [2.45, 2.75) is 25.0 Å². The number of rotatable bonds is 2. The molecular weight excluding hydrogens is 291 g/mol. The number of Topliss-reactive ketones (excluding diaryl/α,β-unsaturated/α-hetero) is 1. The molecule has 96 valence electrons. The number of benzene rings is 1. The molecule has 2 nitrogen and oxygen atoms in total. The van der Waals surface area contributed by atoms with Crippen molar-refractivity contribution in [1.29, 1.82) is 0 Å². The molecule has 1 aliphatic rings. The normalized spacial score (nSPS) is 27.9. The first-order chi connectivity index (χ1) is 8.33. The maximum Gasteiger partial charge on any atom is 0.200 e. The van der Waals surface area contributed by atoms with Crippen molar-refractivity contribution in [3.8, 4) is 0 Å². The lowest BCUT2D eigenvalue weighted by molar-refractivity contribution is -0.127. The highest BCUT2D eigenvalue weighted by Crippen LogP contribution is 2.42. The minimum Gasteiger partial charge on any atom is -0.297 e. The van der Waals surface area contributed by atoms with Gasteiger partial charge < -0.3 is 0 Å². The summed E-state index contributed by atoms with van der Waals surface area (Å²) in [6.07, 6.45) is 0.447. The molecule has 0 spiro atoms. The highest BCUT2D eigenvalue weighted by atomic mass is 35.5. The second-order valence-electron chi connectivity index (χ2n) is 4.65. The molecule has 2 atom stereocenters. The number of halogens is 2. The summed E-state index contributed by atoms with van der Waals surface area (Å²) in [5.41, 5.74) is 0.839. The van der Waals surface area contributed by atoms with E-state index < -0.39 is 10.7 Å². The Labute approximate surface area is 120 Å². The predicted molar refractivity (Wildman–Crippen MR) is 75.3 cm³/mol. The van der Waals surface area contributed by atoms with Gasteiger partial charge in [0.25, 0.3) is 0 Å². The first-order valence-electron chi connectivity index (χ1n) is 5.54. The molecule has 0 saturated carbocycles. The SMILES string of the molecule is CC1C(=O)SC(C)(Cc2ccc(Cl)cc2Cl)C1=O. The lowest BCUT2D eigenvalue weighted by Gasteiger charge is -2.21. The number of hydrogen-bond acceptors (Lipinski definition) is 3. The van der Waals surface area contributed by atoms with E-state index in [2.05, 4.69) is 0 Å². The van der Waals surface area contributed by atoms with Gasteiger partial charge in [0, 0.05) is 10.0 Å². The lowest BCUT2D eigenvalue weighted by atomic mass is 9.90. The van der Waals surface area contributed by atoms with Gasteiger partial charge in [0.1, 0.15) is 0 Å². The van der Waals surface area contributed by atoms with Crippen LogP contribution in [0.2, 0.25) is 10.0 Å². The van der Waals surface area contributed by atoms with Gasteiger partial charge in [-0.1, -0.05) is 41.0 Å². The molecule has 0 N–H and O–H groups in total. The Morgan fingerprint density at radius 2 is 2.00 bits per heavy atom. The summed E-state index contributed by atoms with van der Waals surface area (Å²) in [7, 11) is 0. The lowest BCUT2D eigenvalue weighted by Crippen LogP contribution is -2.32. The minimum atomic E-state index is -0.714. The third-order valence-corrected chi connectivity index (χ3v) is 5.07. The molecule has 1 aromatic rings. The monoisotopic (exact) mass is 302 g/mol. The zero-order chi connectivity index (χ0) is 13.5. The van der Waals surface area contributed by atoms with Crippen molar-refractivity contribution >= 4 is 45.9 Å². The Morgan fingerprint density at radius 1 is 1.33 bits per heavy atom. The molecule has 5 heteroatoms. The number of ketones is 1. The Bertz CT molecular complexity index is 530. The topological polar surface area (TPSA) is 34.1 Å². The summed E-state index contributed by atoms with van der Waals surface area (Å²) in [4.78, 5) is 23.7. The van der Waals surface area contributed by atoms with Crippen LogP contribution >= 0.6 is 35.0 Å². The van der Waals surface area contributed by atoms with E-state index in [4.69, 9.17) is 23.2 Å².